The lowest BCUT2D eigenvalue weighted by atomic mass is 10.0. The first-order chi connectivity index (χ1) is 15.3. The first kappa shape index (κ1) is 21.0. The van der Waals surface area contributed by atoms with Gasteiger partial charge in [0, 0.05) is 12.1 Å². The maximum Gasteiger partial charge on any atom is 0.417 e. The molecule has 2 aliphatic heterocycles. The summed E-state index contributed by atoms with van der Waals surface area (Å²) >= 11 is 6.08. The smallest absolute Gasteiger partial charge is 0.373 e. The maximum absolute atomic E-state index is 13.3. The van der Waals surface area contributed by atoms with E-state index in [9.17, 15) is 18.0 Å². The van der Waals surface area contributed by atoms with Crippen molar-refractivity contribution in [2.75, 3.05) is 6.61 Å². The topological polar surface area (TPSA) is 74.0 Å². The largest absolute Gasteiger partial charge is 0.417 e. The molecule has 4 heterocycles. The van der Waals surface area contributed by atoms with Crippen LogP contribution in [0.4, 0.5) is 13.2 Å². The average Bonchev–Trinajstić information content (AvgIpc) is 3.38. The summed E-state index contributed by atoms with van der Waals surface area (Å²) in [4.78, 5) is 17.2. The van der Waals surface area contributed by atoms with Crippen molar-refractivity contribution < 1.29 is 22.7 Å². The summed E-state index contributed by atoms with van der Waals surface area (Å²) in [6, 6.07) is 3.16. The predicted octanol–water partition coefficient (Wildman–Crippen LogP) is 4.08. The number of benzene rings is 1. The minimum atomic E-state index is -4.59. The number of rotatable bonds is 3. The van der Waals surface area contributed by atoms with Crippen LogP contribution in [-0.2, 0) is 30.5 Å². The number of ether oxygens (including phenoxy) is 1. The summed E-state index contributed by atoms with van der Waals surface area (Å²) in [6.45, 7) is 1.20. The number of fused-ring (bicyclic) bond motifs is 2. The van der Waals surface area contributed by atoms with Gasteiger partial charge in [-0.25, -0.2) is 9.67 Å². The highest BCUT2D eigenvalue weighted by Crippen LogP contribution is 2.38. The van der Waals surface area contributed by atoms with Crippen molar-refractivity contribution >= 4 is 17.5 Å². The minimum Gasteiger partial charge on any atom is -0.373 e. The van der Waals surface area contributed by atoms with Crippen LogP contribution in [0.3, 0.4) is 0 Å². The van der Waals surface area contributed by atoms with Crippen molar-refractivity contribution in [1.29, 1.82) is 0 Å². The van der Waals surface area contributed by atoms with Crippen LogP contribution in [0, 0.1) is 0 Å². The molecule has 32 heavy (non-hydrogen) atoms. The van der Waals surface area contributed by atoms with Crippen LogP contribution in [-0.4, -0.2) is 31.8 Å². The Kier molecular flexibility index (Phi) is 5.21. The number of hydrogen-bond donors (Lipinski definition) is 1. The van der Waals surface area contributed by atoms with Gasteiger partial charge in [-0.15, -0.1) is 0 Å². The molecule has 2 aromatic heterocycles. The van der Waals surface area contributed by atoms with E-state index in [1.54, 1.807) is 6.33 Å². The summed E-state index contributed by atoms with van der Waals surface area (Å²) in [5, 5.41) is 6.75. The van der Waals surface area contributed by atoms with Gasteiger partial charge in [0.2, 0.25) is 0 Å². The SMILES string of the molecule is O=C(N[C@H]1COCc2c1cnn2-c1cccc(C(F)(F)F)c1Cl)c1ncn2c1CCCC2. The number of aromatic nitrogens is 4. The molecular weight excluding hydrogens is 447 g/mol. The van der Waals surface area contributed by atoms with Gasteiger partial charge in [-0.2, -0.15) is 18.3 Å². The molecule has 0 aliphatic carbocycles. The van der Waals surface area contributed by atoms with Crippen LogP contribution in [0.15, 0.2) is 30.7 Å². The van der Waals surface area contributed by atoms with Crippen molar-refractivity contribution in [2.45, 2.75) is 44.6 Å². The number of halogens is 4. The van der Waals surface area contributed by atoms with E-state index in [0.29, 0.717) is 17.0 Å². The number of carbonyl (C=O) groups excluding carboxylic acids is 1. The lowest BCUT2D eigenvalue weighted by Gasteiger charge is -2.25. The standard InChI is InChI=1S/C21H19ClF3N5O2/c22-18-13(21(23,24)25)4-3-6-15(18)30-17-10-32-9-14(12(17)8-27-30)28-20(31)19-16-5-1-2-7-29(16)11-26-19/h3-4,6,8,11,14H,1-2,5,7,9-10H2,(H,28,31)/t14-/m0/s1. The number of carbonyl (C=O) groups is 1. The third-order valence-electron chi connectivity index (χ3n) is 5.84. The lowest BCUT2D eigenvalue weighted by Crippen LogP contribution is -2.35. The third kappa shape index (κ3) is 3.57. The van der Waals surface area contributed by atoms with Crippen LogP contribution in [0.5, 0.6) is 0 Å². The van der Waals surface area contributed by atoms with Gasteiger partial charge in [-0.05, 0) is 31.4 Å². The van der Waals surface area contributed by atoms with Gasteiger partial charge in [-0.1, -0.05) is 17.7 Å². The Bertz CT molecular complexity index is 1190. The van der Waals surface area contributed by atoms with Crippen molar-refractivity contribution in [3.8, 4) is 5.69 Å². The Hall–Kier alpha value is -2.85. The number of amides is 1. The molecule has 3 aromatic rings. The van der Waals surface area contributed by atoms with E-state index in [4.69, 9.17) is 16.3 Å². The Morgan fingerprint density at radius 1 is 1.25 bits per heavy atom. The summed E-state index contributed by atoms with van der Waals surface area (Å²) in [7, 11) is 0. The zero-order valence-corrected chi connectivity index (χ0v) is 17.6. The van der Waals surface area contributed by atoms with Crippen LogP contribution < -0.4 is 5.32 Å². The van der Waals surface area contributed by atoms with Gasteiger partial charge in [-0.3, -0.25) is 4.79 Å². The van der Waals surface area contributed by atoms with E-state index < -0.39 is 22.8 Å². The van der Waals surface area contributed by atoms with Crippen molar-refractivity contribution in [2.24, 2.45) is 0 Å². The number of hydrogen-bond acceptors (Lipinski definition) is 4. The Balaban J connectivity index is 1.44. The number of alkyl halides is 3. The van der Waals surface area contributed by atoms with Crippen LogP contribution in [0.25, 0.3) is 5.69 Å². The molecule has 0 fully saturated rings. The summed E-state index contributed by atoms with van der Waals surface area (Å²) in [6.07, 6.45) is 1.48. The Labute approximate surface area is 186 Å². The lowest BCUT2D eigenvalue weighted by molar-refractivity contribution is -0.137. The zero-order chi connectivity index (χ0) is 22.5. The second kappa shape index (κ2) is 7.93. The second-order valence-electron chi connectivity index (χ2n) is 7.83. The Morgan fingerprint density at radius 3 is 2.91 bits per heavy atom. The first-order valence-electron chi connectivity index (χ1n) is 10.2. The van der Waals surface area contributed by atoms with Gasteiger partial charge in [0.25, 0.3) is 5.91 Å². The molecule has 1 aromatic carbocycles. The summed E-state index contributed by atoms with van der Waals surface area (Å²) in [5.41, 5.74) is 1.68. The molecule has 0 radical (unpaired) electrons. The molecule has 2 aliphatic rings. The first-order valence-corrected chi connectivity index (χ1v) is 10.6. The number of imidazole rings is 1. The van der Waals surface area contributed by atoms with Gasteiger partial charge in [0.1, 0.15) is 5.69 Å². The van der Waals surface area contributed by atoms with Gasteiger partial charge in [0.15, 0.2) is 0 Å². The molecular formula is C21H19ClF3N5O2. The predicted molar refractivity (Wildman–Crippen MR) is 109 cm³/mol. The molecule has 5 rings (SSSR count). The molecule has 7 nitrogen and oxygen atoms in total. The Morgan fingerprint density at radius 2 is 2.09 bits per heavy atom. The molecule has 0 bridgehead atoms. The maximum atomic E-state index is 13.3. The van der Waals surface area contributed by atoms with Crippen molar-refractivity contribution in [1.82, 2.24) is 24.6 Å². The quantitative estimate of drug-likeness (QED) is 0.632. The highest BCUT2D eigenvalue weighted by atomic mass is 35.5. The van der Waals surface area contributed by atoms with Crippen LogP contribution >= 0.6 is 11.6 Å². The molecule has 0 saturated heterocycles. The number of nitrogens with zero attached hydrogens (tertiary/aromatic N) is 4. The van der Waals surface area contributed by atoms with Gasteiger partial charge >= 0.3 is 6.18 Å². The van der Waals surface area contributed by atoms with E-state index >= 15 is 0 Å². The average molecular weight is 466 g/mol. The monoisotopic (exact) mass is 465 g/mol. The van der Waals surface area contributed by atoms with Gasteiger partial charge in [0.05, 0.1) is 59.4 Å². The summed E-state index contributed by atoms with van der Waals surface area (Å²) in [5.74, 6) is -0.313. The molecule has 1 atom stereocenters. The van der Waals surface area contributed by atoms with Crippen LogP contribution in [0.1, 0.15) is 51.9 Å². The number of nitrogens with one attached hydrogen (secondary N) is 1. The minimum absolute atomic E-state index is 0.0986. The fourth-order valence-corrected chi connectivity index (χ4v) is 4.58. The molecule has 0 saturated carbocycles. The fraction of sp³-hybridized carbons (Fsp3) is 0.381. The second-order valence-corrected chi connectivity index (χ2v) is 8.20. The highest BCUT2D eigenvalue weighted by molar-refractivity contribution is 6.33. The normalized spacial score (nSPS) is 18.2. The van der Waals surface area contributed by atoms with E-state index in [0.717, 1.165) is 37.6 Å². The summed E-state index contributed by atoms with van der Waals surface area (Å²) < 4.78 is 48.8. The van der Waals surface area contributed by atoms with E-state index in [1.165, 1.54) is 23.0 Å². The van der Waals surface area contributed by atoms with Crippen LogP contribution in [0.2, 0.25) is 5.02 Å². The van der Waals surface area contributed by atoms with Gasteiger partial charge < -0.3 is 14.6 Å². The highest BCUT2D eigenvalue weighted by Gasteiger charge is 2.35. The molecule has 1 amide bonds. The molecule has 11 heteroatoms. The van der Waals surface area contributed by atoms with Crippen molar-refractivity contribution in [3.05, 3.63) is 64.0 Å². The van der Waals surface area contributed by atoms with Crippen molar-refractivity contribution in [3.63, 3.8) is 0 Å². The molecule has 1 N–H and O–H groups in total. The third-order valence-corrected chi connectivity index (χ3v) is 6.24. The molecule has 0 spiro atoms. The molecule has 0 unspecified atom stereocenters. The number of aryl methyl sites for hydroxylation is 1. The molecule has 168 valence electrons. The van der Waals surface area contributed by atoms with E-state index in [-0.39, 0.29) is 24.8 Å². The van der Waals surface area contributed by atoms with E-state index in [1.807, 2.05) is 4.57 Å². The fourth-order valence-electron chi connectivity index (χ4n) is 4.27. The van der Waals surface area contributed by atoms with E-state index in [2.05, 4.69) is 15.4 Å². The zero-order valence-electron chi connectivity index (χ0n) is 16.8.